The zero-order chi connectivity index (χ0) is 13.3. The van der Waals surface area contributed by atoms with Gasteiger partial charge in [0.2, 0.25) is 0 Å². The summed E-state index contributed by atoms with van der Waals surface area (Å²) in [5, 5.41) is -0.153. The monoisotopic (exact) mass is 272 g/mol. The summed E-state index contributed by atoms with van der Waals surface area (Å²) in [6, 6.07) is 1.45. The van der Waals surface area contributed by atoms with E-state index in [1.165, 1.54) is 0 Å². The van der Waals surface area contributed by atoms with Gasteiger partial charge in [0.05, 0.1) is 11.3 Å². The van der Waals surface area contributed by atoms with Crippen LogP contribution in [0.25, 0.3) is 11.3 Å². The second-order valence-electron chi connectivity index (χ2n) is 3.30. The molecule has 0 unspecified atom stereocenters. The number of carbonyl (C=O) groups is 1. The predicted molar refractivity (Wildman–Crippen MR) is 57.7 cm³/mol. The Morgan fingerprint density at radius 2 is 1.72 bits per heavy atom. The van der Waals surface area contributed by atoms with E-state index in [1.54, 1.807) is 0 Å². The van der Waals surface area contributed by atoms with Crippen LogP contribution in [0.15, 0.2) is 18.5 Å². The van der Waals surface area contributed by atoms with E-state index in [1.807, 2.05) is 0 Å². The van der Waals surface area contributed by atoms with Crippen LogP contribution in [-0.4, -0.2) is 16.3 Å². The van der Waals surface area contributed by atoms with Crippen LogP contribution in [0.1, 0.15) is 10.4 Å². The quantitative estimate of drug-likeness (QED) is 0.479. The Kier molecular flexibility index (Phi) is 3.29. The molecule has 2 rings (SSSR count). The second-order valence-corrected chi connectivity index (χ2v) is 3.66. The summed E-state index contributed by atoms with van der Waals surface area (Å²) in [6.45, 7) is 0. The maximum atomic E-state index is 13.1. The lowest BCUT2D eigenvalue weighted by atomic mass is 10.1. The van der Waals surface area contributed by atoms with Gasteiger partial charge >= 0.3 is 0 Å². The third-order valence-corrected chi connectivity index (χ3v) is 2.51. The molecule has 1 aromatic carbocycles. The summed E-state index contributed by atoms with van der Waals surface area (Å²) in [5.41, 5.74) is -0.287. The molecule has 0 atom stereocenters. The van der Waals surface area contributed by atoms with Crippen molar-refractivity contribution >= 4 is 17.9 Å². The van der Waals surface area contributed by atoms with E-state index in [-0.39, 0.29) is 22.0 Å². The summed E-state index contributed by atoms with van der Waals surface area (Å²) in [5.74, 6) is -4.35. The molecule has 0 amide bonds. The smallest absolute Gasteiger partial charge is 0.194 e. The van der Waals surface area contributed by atoms with Crippen LogP contribution in [0.3, 0.4) is 0 Å². The van der Waals surface area contributed by atoms with Gasteiger partial charge in [0.25, 0.3) is 0 Å². The van der Waals surface area contributed by atoms with E-state index in [0.29, 0.717) is 6.29 Å². The van der Waals surface area contributed by atoms with Gasteiger partial charge in [-0.1, -0.05) is 11.6 Å². The second kappa shape index (κ2) is 4.73. The van der Waals surface area contributed by atoms with Crippen LogP contribution in [0, 0.1) is 17.5 Å². The third-order valence-electron chi connectivity index (χ3n) is 2.21. The SMILES string of the molecule is O=Cc1c(Cl)ncnc1-c1cc(F)c(F)c(F)c1. The number of aromatic nitrogens is 2. The molecule has 0 fully saturated rings. The lowest BCUT2D eigenvalue weighted by Crippen LogP contribution is -1.98. The summed E-state index contributed by atoms with van der Waals surface area (Å²) in [7, 11) is 0. The van der Waals surface area contributed by atoms with Crippen molar-refractivity contribution in [3.05, 3.63) is 46.6 Å². The highest BCUT2D eigenvalue weighted by Gasteiger charge is 2.16. The minimum atomic E-state index is -1.59. The molecule has 0 saturated heterocycles. The van der Waals surface area contributed by atoms with Crippen molar-refractivity contribution in [2.24, 2.45) is 0 Å². The molecule has 18 heavy (non-hydrogen) atoms. The van der Waals surface area contributed by atoms with Crippen LogP contribution < -0.4 is 0 Å². The van der Waals surface area contributed by atoms with E-state index in [9.17, 15) is 18.0 Å². The Morgan fingerprint density at radius 1 is 1.11 bits per heavy atom. The number of benzene rings is 1. The topological polar surface area (TPSA) is 42.9 Å². The third kappa shape index (κ3) is 2.06. The van der Waals surface area contributed by atoms with Gasteiger partial charge in [0.15, 0.2) is 23.7 Å². The molecule has 2 aromatic rings. The molecule has 0 radical (unpaired) electrons. The minimum Gasteiger partial charge on any atom is -0.298 e. The van der Waals surface area contributed by atoms with Gasteiger partial charge in [-0.25, -0.2) is 23.1 Å². The molecular weight excluding hydrogens is 269 g/mol. The standard InChI is InChI=1S/C11H4ClF3N2O/c12-11-6(3-18)10(16-4-17-11)5-1-7(13)9(15)8(14)2-5/h1-4H. The van der Waals surface area contributed by atoms with Gasteiger partial charge in [0, 0.05) is 5.56 Å². The highest BCUT2D eigenvalue weighted by Crippen LogP contribution is 2.26. The molecule has 0 aliphatic heterocycles. The fourth-order valence-corrected chi connectivity index (χ4v) is 1.58. The van der Waals surface area contributed by atoms with Gasteiger partial charge in [-0.15, -0.1) is 0 Å². The molecular formula is C11H4ClF3N2O. The molecule has 0 N–H and O–H groups in total. The first-order valence-corrected chi connectivity index (χ1v) is 5.03. The fraction of sp³-hybridized carbons (Fsp3) is 0. The van der Waals surface area contributed by atoms with Gasteiger partial charge in [-0.05, 0) is 12.1 Å². The maximum Gasteiger partial charge on any atom is 0.194 e. The molecule has 0 aliphatic carbocycles. The first kappa shape index (κ1) is 12.5. The summed E-state index contributed by atoms with van der Waals surface area (Å²) in [4.78, 5) is 18.1. The van der Waals surface area contributed by atoms with Crippen molar-refractivity contribution in [3.8, 4) is 11.3 Å². The lowest BCUT2D eigenvalue weighted by Gasteiger charge is -2.05. The highest BCUT2D eigenvalue weighted by molar-refractivity contribution is 6.32. The minimum absolute atomic E-state index is 0.0669. The van der Waals surface area contributed by atoms with Crippen LogP contribution in [0.5, 0.6) is 0 Å². The van der Waals surface area contributed by atoms with E-state index >= 15 is 0 Å². The average molecular weight is 273 g/mol. The number of halogens is 4. The molecule has 0 aliphatic rings. The Hall–Kier alpha value is -1.95. The zero-order valence-corrected chi connectivity index (χ0v) is 9.38. The zero-order valence-electron chi connectivity index (χ0n) is 8.62. The van der Waals surface area contributed by atoms with Crippen molar-refractivity contribution in [2.75, 3.05) is 0 Å². The lowest BCUT2D eigenvalue weighted by molar-refractivity contribution is 0.112. The molecule has 92 valence electrons. The summed E-state index contributed by atoms with van der Waals surface area (Å²) < 4.78 is 39.0. The first-order chi connectivity index (χ1) is 8.54. The molecule has 1 aromatic heterocycles. The van der Waals surface area contributed by atoms with Gasteiger partial charge < -0.3 is 0 Å². The summed E-state index contributed by atoms with van der Waals surface area (Å²) >= 11 is 5.65. The Bertz CT molecular complexity index is 611. The van der Waals surface area contributed by atoms with E-state index < -0.39 is 17.5 Å². The largest absolute Gasteiger partial charge is 0.298 e. The van der Waals surface area contributed by atoms with Gasteiger partial charge in [-0.3, -0.25) is 4.79 Å². The number of hydrogen-bond acceptors (Lipinski definition) is 3. The van der Waals surface area contributed by atoms with E-state index in [4.69, 9.17) is 11.6 Å². The maximum absolute atomic E-state index is 13.1. The number of rotatable bonds is 2. The molecule has 0 bridgehead atoms. The first-order valence-electron chi connectivity index (χ1n) is 4.65. The number of aldehydes is 1. The highest BCUT2D eigenvalue weighted by atomic mass is 35.5. The van der Waals surface area contributed by atoms with Gasteiger partial charge in [0.1, 0.15) is 11.5 Å². The average Bonchev–Trinajstić information content (AvgIpc) is 2.35. The van der Waals surface area contributed by atoms with Crippen LogP contribution in [-0.2, 0) is 0 Å². The fourth-order valence-electron chi connectivity index (χ4n) is 1.40. The van der Waals surface area contributed by atoms with Crippen LogP contribution in [0.4, 0.5) is 13.2 Å². The molecule has 0 saturated carbocycles. The number of nitrogens with zero attached hydrogens (tertiary/aromatic N) is 2. The van der Waals surface area contributed by atoms with E-state index in [2.05, 4.69) is 9.97 Å². The predicted octanol–water partition coefficient (Wildman–Crippen LogP) is 3.03. The molecule has 1 heterocycles. The Labute approximate surface area is 104 Å². The number of carbonyl (C=O) groups excluding carboxylic acids is 1. The molecule has 0 spiro atoms. The number of hydrogen-bond donors (Lipinski definition) is 0. The summed E-state index contributed by atoms with van der Waals surface area (Å²) in [6.07, 6.45) is 1.39. The molecule has 3 nitrogen and oxygen atoms in total. The van der Waals surface area contributed by atoms with Crippen molar-refractivity contribution in [2.45, 2.75) is 0 Å². The normalized spacial score (nSPS) is 10.4. The van der Waals surface area contributed by atoms with E-state index in [0.717, 1.165) is 18.5 Å². The molecule has 7 heteroatoms. The van der Waals surface area contributed by atoms with Crippen molar-refractivity contribution in [3.63, 3.8) is 0 Å². The van der Waals surface area contributed by atoms with Crippen LogP contribution in [0.2, 0.25) is 5.15 Å². The van der Waals surface area contributed by atoms with Gasteiger partial charge in [-0.2, -0.15) is 0 Å². The van der Waals surface area contributed by atoms with Crippen molar-refractivity contribution in [1.29, 1.82) is 0 Å². The van der Waals surface area contributed by atoms with Crippen molar-refractivity contribution in [1.82, 2.24) is 9.97 Å². The van der Waals surface area contributed by atoms with Crippen LogP contribution >= 0.6 is 11.6 Å². The Balaban J connectivity index is 2.70. The Morgan fingerprint density at radius 3 is 2.28 bits per heavy atom. The van der Waals surface area contributed by atoms with Crippen molar-refractivity contribution < 1.29 is 18.0 Å².